The number of aliphatic hydroxyl groups excluding tert-OH is 1. The molecule has 0 aliphatic heterocycles. The number of unbranched alkanes of at least 4 members (excludes halogenated alkanes) is 1. The molecule has 0 aromatic rings. The van der Waals surface area contributed by atoms with E-state index in [1.54, 1.807) is 0 Å². The van der Waals surface area contributed by atoms with Gasteiger partial charge >= 0.3 is 0 Å². The normalized spacial score (nSPS) is 46.9. The van der Waals surface area contributed by atoms with E-state index in [0.717, 1.165) is 56.8 Å². The average molecular weight is 434 g/mol. The van der Waals surface area contributed by atoms with Crippen LogP contribution in [0.1, 0.15) is 91.4 Å². The van der Waals surface area contributed by atoms with Gasteiger partial charge in [0.25, 0.3) is 0 Å². The Morgan fingerprint density at radius 2 is 1.61 bits per heavy atom. The molecule has 4 fully saturated rings. The maximum absolute atomic E-state index is 11.4. The molecule has 4 rings (SSSR count). The number of aliphatic hydroxyl groups is 1. The van der Waals surface area contributed by atoms with Gasteiger partial charge < -0.3 is 21.5 Å². The minimum absolute atomic E-state index is 0.0607. The van der Waals surface area contributed by atoms with Crippen molar-refractivity contribution < 1.29 is 5.11 Å². The van der Waals surface area contributed by atoms with Gasteiger partial charge in [0.05, 0.1) is 6.10 Å². The van der Waals surface area contributed by atoms with E-state index >= 15 is 0 Å². The zero-order valence-corrected chi connectivity index (χ0v) is 20.7. The molecule has 0 heterocycles. The van der Waals surface area contributed by atoms with E-state index in [4.69, 9.17) is 5.73 Å². The molecule has 0 bridgehead atoms. The maximum atomic E-state index is 11.4. The van der Waals surface area contributed by atoms with E-state index in [2.05, 4.69) is 31.4 Å². The Morgan fingerprint density at radius 3 is 2.42 bits per heavy atom. The van der Waals surface area contributed by atoms with Gasteiger partial charge in [0, 0.05) is 6.04 Å². The van der Waals surface area contributed by atoms with E-state index < -0.39 is 0 Å². The van der Waals surface area contributed by atoms with Crippen molar-refractivity contribution in [2.45, 2.75) is 104 Å². The van der Waals surface area contributed by atoms with Crippen LogP contribution < -0.4 is 16.4 Å². The van der Waals surface area contributed by atoms with Gasteiger partial charge in [-0.3, -0.25) is 0 Å². The summed E-state index contributed by atoms with van der Waals surface area (Å²) in [6, 6.07) is 0.652. The largest absolute Gasteiger partial charge is 0.393 e. The van der Waals surface area contributed by atoms with Gasteiger partial charge in [0.1, 0.15) is 0 Å². The van der Waals surface area contributed by atoms with Crippen LogP contribution in [0.3, 0.4) is 0 Å². The third-order valence-corrected chi connectivity index (χ3v) is 10.9. The highest BCUT2D eigenvalue weighted by molar-refractivity contribution is 5.11. The molecule has 4 saturated carbocycles. The van der Waals surface area contributed by atoms with Crippen LogP contribution in [0.5, 0.6) is 0 Å². The van der Waals surface area contributed by atoms with Crippen molar-refractivity contribution in [3.8, 4) is 0 Å². The molecule has 3 unspecified atom stereocenters. The zero-order chi connectivity index (χ0) is 22.1. The molecule has 4 nitrogen and oxygen atoms in total. The average Bonchev–Trinajstić information content (AvgIpc) is 3.05. The van der Waals surface area contributed by atoms with Gasteiger partial charge in [0.2, 0.25) is 0 Å². The van der Waals surface area contributed by atoms with Crippen molar-refractivity contribution in [2.24, 2.45) is 46.2 Å². The van der Waals surface area contributed by atoms with Crippen LogP contribution in [0.2, 0.25) is 0 Å². The molecule has 4 heteroatoms. The molecule has 0 saturated heterocycles. The van der Waals surface area contributed by atoms with Gasteiger partial charge in [-0.05, 0) is 137 Å². The predicted octanol–water partition coefficient (Wildman–Crippen LogP) is 4.31. The van der Waals surface area contributed by atoms with Crippen LogP contribution in [0.15, 0.2) is 0 Å². The first-order valence-corrected chi connectivity index (χ1v) is 13.7. The van der Waals surface area contributed by atoms with Crippen LogP contribution in [0.4, 0.5) is 0 Å². The van der Waals surface area contributed by atoms with E-state index in [9.17, 15) is 5.11 Å². The maximum Gasteiger partial charge on any atom is 0.0577 e. The number of hydrogen-bond donors (Lipinski definition) is 4. The summed E-state index contributed by atoms with van der Waals surface area (Å²) in [5.74, 6) is 3.63. The fourth-order valence-corrected chi connectivity index (χ4v) is 8.71. The number of nitrogens with one attached hydrogen (secondary N) is 2. The van der Waals surface area contributed by atoms with E-state index in [1.807, 2.05) is 0 Å². The van der Waals surface area contributed by atoms with Crippen molar-refractivity contribution in [1.29, 1.82) is 0 Å². The lowest BCUT2D eigenvalue weighted by atomic mass is 9.44. The van der Waals surface area contributed by atoms with Crippen LogP contribution in [-0.2, 0) is 0 Å². The van der Waals surface area contributed by atoms with Gasteiger partial charge in [-0.25, -0.2) is 0 Å². The van der Waals surface area contributed by atoms with Gasteiger partial charge in [0.15, 0.2) is 0 Å². The smallest absolute Gasteiger partial charge is 0.0577 e. The van der Waals surface area contributed by atoms with Gasteiger partial charge in [-0.1, -0.05) is 20.8 Å². The highest BCUT2D eigenvalue weighted by Crippen LogP contribution is 2.67. The number of hydrogen-bond acceptors (Lipinski definition) is 4. The Morgan fingerprint density at radius 1 is 0.871 bits per heavy atom. The lowest BCUT2D eigenvalue weighted by Gasteiger charge is -2.62. The summed E-state index contributed by atoms with van der Waals surface area (Å²) in [7, 11) is 0. The molecule has 0 aromatic heterocycles. The van der Waals surface area contributed by atoms with Crippen LogP contribution >= 0.6 is 0 Å². The Balaban J connectivity index is 1.28. The Bertz CT molecular complexity index is 585. The third-order valence-electron chi connectivity index (χ3n) is 10.9. The molecule has 4 aliphatic rings. The summed E-state index contributed by atoms with van der Waals surface area (Å²) >= 11 is 0. The minimum Gasteiger partial charge on any atom is -0.393 e. The topological polar surface area (TPSA) is 70.3 Å². The van der Waals surface area contributed by atoms with Crippen molar-refractivity contribution in [1.82, 2.24) is 10.6 Å². The van der Waals surface area contributed by atoms with Gasteiger partial charge in [-0.2, -0.15) is 0 Å². The Kier molecular flexibility index (Phi) is 7.73. The second-order valence-corrected chi connectivity index (χ2v) is 12.3. The zero-order valence-electron chi connectivity index (χ0n) is 20.7. The second kappa shape index (κ2) is 9.99. The predicted molar refractivity (Wildman–Crippen MR) is 130 cm³/mol. The summed E-state index contributed by atoms with van der Waals surface area (Å²) in [5.41, 5.74) is 6.50. The van der Waals surface area contributed by atoms with Crippen LogP contribution in [0.25, 0.3) is 0 Å². The fourth-order valence-electron chi connectivity index (χ4n) is 8.71. The Hall–Kier alpha value is -0.160. The quantitative estimate of drug-likeness (QED) is 0.409. The number of rotatable bonds is 9. The summed E-state index contributed by atoms with van der Waals surface area (Å²) in [6.45, 7) is 11.8. The van der Waals surface area contributed by atoms with Crippen molar-refractivity contribution in [3.05, 3.63) is 0 Å². The number of fused-ring (bicyclic) bond motifs is 5. The highest BCUT2D eigenvalue weighted by atomic mass is 16.3. The van der Waals surface area contributed by atoms with Crippen molar-refractivity contribution in [3.63, 3.8) is 0 Å². The minimum atomic E-state index is -0.0607. The first-order valence-electron chi connectivity index (χ1n) is 13.7. The fraction of sp³-hybridized carbons (Fsp3) is 1.00. The number of nitrogens with two attached hydrogens (primary N) is 1. The lowest BCUT2D eigenvalue weighted by molar-refractivity contribution is -0.164. The molecule has 0 amide bonds. The standard InChI is InChI=1S/C27H51N3O/c1-19-7-8-22-25-23(10-12-26(19,22)2)27(3)11-9-21(17-20(27)18-24(25)31)30-16-6-15-29-14-5-4-13-28/h19-25,29-31H,4-18,28H2,1-3H3/t19-,20+,21-,22?,23?,24+,25?,26+,27-/m0/s1. The van der Waals surface area contributed by atoms with Crippen LogP contribution in [-0.4, -0.2) is 43.4 Å². The molecular weight excluding hydrogens is 382 g/mol. The molecule has 0 radical (unpaired) electrons. The molecule has 5 N–H and O–H groups in total. The summed E-state index contributed by atoms with van der Waals surface area (Å²) in [4.78, 5) is 0. The molecule has 4 aliphatic carbocycles. The first-order chi connectivity index (χ1) is 14.9. The van der Waals surface area contributed by atoms with Crippen LogP contribution in [0, 0.1) is 40.4 Å². The molecule has 31 heavy (non-hydrogen) atoms. The van der Waals surface area contributed by atoms with Crippen molar-refractivity contribution >= 4 is 0 Å². The third kappa shape index (κ3) is 4.61. The molecule has 9 atom stereocenters. The molecular formula is C27H51N3O. The van der Waals surface area contributed by atoms with E-state index in [0.29, 0.717) is 28.7 Å². The van der Waals surface area contributed by atoms with Crippen molar-refractivity contribution in [2.75, 3.05) is 26.2 Å². The van der Waals surface area contributed by atoms with E-state index in [-0.39, 0.29) is 6.10 Å². The SMILES string of the molecule is C[C@H]1CCC2C3C(CC[C@@]21C)[C@@]1(C)CC[C@H](NCCCNCCCCN)C[C@@H]1C[C@H]3O. The molecule has 0 spiro atoms. The molecule has 180 valence electrons. The van der Waals surface area contributed by atoms with Gasteiger partial charge in [-0.15, -0.1) is 0 Å². The summed E-state index contributed by atoms with van der Waals surface area (Å²) in [6.07, 6.45) is 14.0. The Labute approximate surface area is 191 Å². The summed E-state index contributed by atoms with van der Waals surface area (Å²) in [5, 5.41) is 18.8. The monoisotopic (exact) mass is 433 g/mol. The second-order valence-electron chi connectivity index (χ2n) is 12.3. The lowest BCUT2D eigenvalue weighted by Crippen LogP contribution is -2.59. The first kappa shape index (κ1) is 24.0. The molecule has 0 aromatic carbocycles. The summed E-state index contributed by atoms with van der Waals surface area (Å²) < 4.78 is 0. The highest BCUT2D eigenvalue weighted by Gasteiger charge is 2.61. The van der Waals surface area contributed by atoms with E-state index in [1.165, 1.54) is 57.8 Å².